The van der Waals surface area contributed by atoms with E-state index >= 15 is 0 Å². The average Bonchev–Trinajstić information content (AvgIpc) is 2.87. The third kappa shape index (κ3) is 2.09. The number of nitrogens with zero attached hydrogens (tertiary/aromatic N) is 1. The van der Waals surface area contributed by atoms with E-state index in [-0.39, 0.29) is 0 Å². The highest BCUT2D eigenvalue weighted by molar-refractivity contribution is 14.1. The van der Waals surface area contributed by atoms with Crippen molar-refractivity contribution in [3.8, 4) is 5.69 Å². The number of hydrogen-bond acceptors (Lipinski definition) is 0. The van der Waals surface area contributed by atoms with Crippen LogP contribution in [0.2, 0.25) is 0 Å². The number of rotatable bonds is 1. The molecular weight excluding hydrogens is 484 g/mol. The fourth-order valence-corrected chi connectivity index (χ4v) is 3.98. The molecule has 0 saturated carbocycles. The van der Waals surface area contributed by atoms with E-state index < -0.39 is 0 Å². The molecule has 0 saturated heterocycles. The zero-order valence-electron chi connectivity index (χ0n) is 11.1. The van der Waals surface area contributed by atoms with E-state index in [4.69, 9.17) is 0 Å². The maximum Gasteiger partial charge on any atom is 0.0685 e. The Hall–Kier alpha value is -1.08. The normalized spacial score (nSPS) is 11.3. The quantitative estimate of drug-likeness (QED) is 0.286. The molecule has 21 heavy (non-hydrogen) atoms. The zero-order chi connectivity index (χ0) is 14.4. The lowest BCUT2D eigenvalue weighted by atomic mass is 10.2. The van der Waals surface area contributed by atoms with Crippen LogP contribution in [0.15, 0.2) is 66.7 Å². The van der Waals surface area contributed by atoms with Gasteiger partial charge in [0.15, 0.2) is 0 Å². The molecule has 0 aliphatic rings. The largest absolute Gasteiger partial charge is 0.308 e. The SMILES string of the molecule is Ic1ccc2c3ccccc3n(-c3ccccc3)c2c1I. The van der Waals surface area contributed by atoms with Gasteiger partial charge in [0.1, 0.15) is 0 Å². The maximum atomic E-state index is 2.46. The summed E-state index contributed by atoms with van der Waals surface area (Å²) >= 11 is 4.87. The van der Waals surface area contributed by atoms with Gasteiger partial charge in [-0.1, -0.05) is 42.5 Å². The van der Waals surface area contributed by atoms with Gasteiger partial charge in [-0.3, -0.25) is 0 Å². The minimum atomic E-state index is 1.21. The van der Waals surface area contributed by atoms with Gasteiger partial charge in [-0.25, -0.2) is 0 Å². The summed E-state index contributed by atoms with van der Waals surface area (Å²) in [6.45, 7) is 0. The molecule has 0 bridgehead atoms. The molecule has 3 aromatic carbocycles. The Labute approximate surface area is 150 Å². The smallest absolute Gasteiger partial charge is 0.0685 e. The summed E-state index contributed by atoms with van der Waals surface area (Å²) in [4.78, 5) is 0. The van der Waals surface area contributed by atoms with Crippen molar-refractivity contribution in [1.29, 1.82) is 0 Å². The van der Waals surface area contributed by atoms with Gasteiger partial charge in [-0.15, -0.1) is 0 Å². The third-order valence-electron chi connectivity index (χ3n) is 3.74. The van der Waals surface area contributed by atoms with Crippen LogP contribution in [0, 0.1) is 7.14 Å². The van der Waals surface area contributed by atoms with Gasteiger partial charge in [0, 0.05) is 20.0 Å². The molecule has 0 aliphatic heterocycles. The number of benzene rings is 3. The van der Waals surface area contributed by atoms with Gasteiger partial charge in [-0.2, -0.15) is 0 Å². The molecule has 4 aromatic rings. The maximum absolute atomic E-state index is 2.46. The summed E-state index contributed by atoms with van der Waals surface area (Å²) in [5, 5.41) is 2.63. The molecule has 0 N–H and O–H groups in total. The molecule has 1 aromatic heterocycles. The summed E-state index contributed by atoms with van der Waals surface area (Å²) in [7, 11) is 0. The topological polar surface area (TPSA) is 4.93 Å². The fourth-order valence-electron chi connectivity index (χ4n) is 2.84. The van der Waals surface area contributed by atoms with Crippen LogP contribution in [0.25, 0.3) is 27.5 Å². The predicted octanol–water partition coefficient (Wildman–Crippen LogP) is 5.99. The van der Waals surface area contributed by atoms with E-state index in [9.17, 15) is 0 Å². The zero-order valence-corrected chi connectivity index (χ0v) is 15.4. The summed E-state index contributed by atoms with van der Waals surface area (Å²) in [5.41, 5.74) is 3.78. The second-order valence-corrected chi connectivity index (χ2v) is 7.19. The van der Waals surface area contributed by atoms with Crippen molar-refractivity contribution >= 4 is 67.0 Å². The molecule has 0 aliphatic carbocycles. The molecule has 3 heteroatoms. The van der Waals surface area contributed by atoms with E-state index in [1.54, 1.807) is 0 Å². The van der Waals surface area contributed by atoms with Gasteiger partial charge in [0.05, 0.1) is 14.6 Å². The molecule has 4 rings (SSSR count). The van der Waals surface area contributed by atoms with Gasteiger partial charge in [-0.05, 0) is 69.4 Å². The summed E-state index contributed by atoms with van der Waals surface area (Å²) in [5.74, 6) is 0. The number of halogens is 2. The molecule has 1 heterocycles. The van der Waals surface area contributed by atoms with Crippen molar-refractivity contribution in [3.05, 3.63) is 73.9 Å². The Morgan fingerprint density at radius 3 is 2.19 bits per heavy atom. The van der Waals surface area contributed by atoms with E-state index in [0.717, 1.165) is 0 Å². The molecular formula is C18H11I2N. The molecule has 0 unspecified atom stereocenters. The van der Waals surface area contributed by atoms with Gasteiger partial charge >= 0.3 is 0 Å². The lowest BCUT2D eigenvalue weighted by Gasteiger charge is -2.09. The first-order valence-corrected chi connectivity index (χ1v) is 8.86. The molecule has 0 atom stereocenters. The van der Waals surface area contributed by atoms with Crippen LogP contribution < -0.4 is 0 Å². The van der Waals surface area contributed by atoms with Crippen LogP contribution in [-0.4, -0.2) is 4.57 Å². The number of hydrogen-bond donors (Lipinski definition) is 0. The van der Waals surface area contributed by atoms with Crippen molar-refractivity contribution in [3.63, 3.8) is 0 Å². The Kier molecular flexibility index (Phi) is 3.41. The van der Waals surface area contributed by atoms with Crippen molar-refractivity contribution in [2.24, 2.45) is 0 Å². The first-order chi connectivity index (χ1) is 10.3. The first kappa shape index (κ1) is 13.6. The van der Waals surface area contributed by atoms with Crippen LogP contribution in [0.3, 0.4) is 0 Å². The Bertz CT molecular complexity index is 955. The lowest BCUT2D eigenvalue weighted by molar-refractivity contribution is 1.17. The van der Waals surface area contributed by atoms with E-state index in [2.05, 4.69) is 116 Å². The minimum absolute atomic E-state index is 1.21. The third-order valence-corrected chi connectivity index (χ3v) is 6.77. The Morgan fingerprint density at radius 1 is 0.667 bits per heavy atom. The van der Waals surface area contributed by atoms with Crippen molar-refractivity contribution < 1.29 is 0 Å². The van der Waals surface area contributed by atoms with Crippen molar-refractivity contribution in [1.82, 2.24) is 4.57 Å². The van der Waals surface area contributed by atoms with E-state index in [0.29, 0.717) is 0 Å². The van der Waals surface area contributed by atoms with E-state index in [1.165, 1.54) is 34.6 Å². The molecule has 0 fully saturated rings. The summed E-state index contributed by atoms with van der Waals surface area (Å²) in [6.07, 6.45) is 0. The predicted molar refractivity (Wildman–Crippen MR) is 106 cm³/mol. The second-order valence-electron chi connectivity index (χ2n) is 4.95. The van der Waals surface area contributed by atoms with Gasteiger partial charge in [0.2, 0.25) is 0 Å². The van der Waals surface area contributed by atoms with Crippen LogP contribution in [0.5, 0.6) is 0 Å². The Balaban J connectivity index is 2.28. The first-order valence-electron chi connectivity index (χ1n) is 6.70. The van der Waals surface area contributed by atoms with Crippen LogP contribution in [0.1, 0.15) is 0 Å². The van der Waals surface area contributed by atoms with Crippen LogP contribution in [-0.2, 0) is 0 Å². The summed E-state index contributed by atoms with van der Waals surface area (Å²) in [6, 6.07) is 23.7. The van der Waals surface area contributed by atoms with Crippen LogP contribution in [0.4, 0.5) is 0 Å². The monoisotopic (exact) mass is 495 g/mol. The number of aromatic nitrogens is 1. The molecule has 0 spiro atoms. The average molecular weight is 495 g/mol. The molecule has 0 radical (unpaired) electrons. The lowest BCUT2D eigenvalue weighted by Crippen LogP contribution is -1.95. The highest BCUT2D eigenvalue weighted by atomic mass is 127. The van der Waals surface area contributed by atoms with Crippen LogP contribution >= 0.6 is 45.2 Å². The van der Waals surface area contributed by atoms with Crippen molar-refractivity contribution in [2.75, 3.05) is 0 Å². The second kappa shape index (κ2) is 5.28. The Morgan fingerprint density at radius 2 is 1.38 bits per heavy atom. The highest BCUT2D eigenvalue weighted by Gasteiger charge is 2.15. The molecule has 1 nitrogen and oxygen atoms in total. The standard InChI is InChI=1S/C18H11I2N/c19-15-11-10-14-13-8-4-5-9-16(13)21(18(14)17(15)20)12-6-2-1-3-7-12/h1-11H. The summed E-state index contributed by atoms with van der Waals surface area (Å²) < 4.78 is 4.97. The van der Waals surface area contributed by atoms with Crippen molar-refractivity contribution in [2.45, 2.75) is 0 Å². The van der Waals surface area contributed by atoms with Gasteiger partial charge in [0.25, 0.3) is 0 Å². The number of fused-ring (bicyclic) bond motifs is 3. The van der Waals surface area contributed by atoms with E-state index in [1.807, 2.05) is 0 Å². The number of para-hydroxylation sites is 2. The fraction of sp³-hybridized carbons (Fsp3) is 0. The molecule has 0 amide bonds. The minimum Gasteiger partial charge on any atom is -0.308 e. The highest BCUT2D eigenvalue weighted by Crippen LogP contribution is 2.36. The van der Waals surface area contributed by atoms with Gasteiger partial charge < -0.3 is 4.57 Å². The molecule has 102 valence electrons.